The summed E-state index contributed by atoms with van der Waals surface area (Å²) in [5.41, 5.74) is -0.824. The maximum atomic E-state index is 10.0. The van der Waals surface area contributed by atoms with Crippen LogP contribution in [0.3, 0.4) is 0 Å². The fraction of sp³-hybridized carbons (Fsp3) is 0.545. The van der Waals surface area contributed by atoms with Gasteiger partial charge in [-0.05, 0) is 31.4 Å². The SMILES string of the molecule is CC(O)(CC1CC1)Nc1ccccn1. The fourth-order valence-corrected chi connectivity index (χ4v) is 1.65. The highest BCUT2D eigenvalue weighted by Crippen LogP contribution is 2.36. The number of rotatable bonds is 4. The number of nitrogens with zero attached hydrogens (tertiary/aromatic N) is 1. The molecule has 3 nitrogen and oxygen atoms in total. The standard InChI is InChI=1S/C11H16N2O/c1-11(14,8-9-5-6-9)13-10-4-2-3-7-12-10/h2-4,7,9,14H,5-6,8H2,1H3,(H,12,13). The van der Waals surface area contributed by atoms with Gasteiger partial charge in [-0.2, -0.15) is 0 Å². The molecule has 0 aromatic carbocycles. The maximum Gasteiger partial charge on any atom is 0.134 e. The van der Waals surface area contributed by atoms with Crippen LogP contribution in [0, 0.1) is 5.92 Å². The average Bonchev–Trinajstić information content (AvgIpc) is 2.88. The van der Waals surface area contributed by atoms with Gasteiger partial charge in [-0.15, -0.1) is 0 Å². The van der Waals surface area contributed by atoms with E-state index in [-0.39, 0.29) is 0 Å². The van der Waals surface area contributed by atoms with Gasteiger partial charge in [-0.3, -0.25) is 0 Å². The summed E-state index contributed by atoms with van der Waals surface area (Å²) in [6, 6.07) is 5.63. The third kappa shape index (κ3) is 2.70. The molecular formula is C11H16N2O. The lowest BCUT2D eigenvalue weighted by Gasteiger charge is -2.25. The lowest BCUT2D eigenvalue weighted by atomic mass is 10.1. The third-order valence-corrected chi connectivity index (χ3v) is 2.45. The Morgan fingerprint density at radius 3 is 2.93 bits per heavy atom. The quantitative estimate of drug-likeness (QED) is 0.717. The van der Waals surface area contributed by atoms with E-state index in [1.54, 1.807) is 13.1 Å². The second-order valence-electron chi connectivity index (χ2n) is 4.26. The monoisotopic (exact) mass is 192 g/mol. The summed E-state index contributed by atoms with van der Waals surface area (Å²) in [4.78, 5) is 4.12. The molecule has 0 bridgehead atoms. The topological polar surface area (TPSA) is 45.1 Å². The van der Waals surface area contributed by atoms with Gasteiger partial charge in [-0.1, -0.05) is 18.9 Å². The number of hydrogen-bond acceptors (Lipinski definition) is 3. The number of nitrogens with one attached hydrogen (secondary N) is 1. The molecule has 0 saturated heterocycles. The lowest BCUT2D eigenvalue weighted by molar-refractivity contribution is 0.0742. The van der Waals surface area contributed by atoms with Crippen LogP contribution in [-0.4, -0.2) is 15.8 Å². The smallest absolute Gasteiger partial charge is 0.134 e. The van der Waals surface area contributed by atoms with E-state index in [0.717, 1.165) is 12.2 Å². The lowest BCUT2D eigenvalue weighted by Crippen LogP contribution is -2.35. The Labute approximate surface area is 84.2 Å². The van der Waals surface area contributed by atoms with Crippen LogP contribution in [0.15, 0.2) is 24.4 Å². The highest BCUT2D eigenvalue weighted by molar-refractivity contribution is 5.35. The van der Waals surface area contributed by atoms with Crippen molar-refractivity contribution in [2.24, 2.45) is 5.92 Å². The van der Waals surface area contributed by atoms with Gasteiger partial charge in [0.25, 0.3) is 0 Å². The molecule has 1 aliphatic carbocycles. The number of aliphatic hydroxyl groups is 1. The van der Waals surface area contributed by atoms with Crippen LogP contribution in [0.1, 0.15) is 26.2 Å². The molecule has 1 heterocycles. The minimum atomic E-state index is -0.824. The predicted molar refractivity (Wildman–Crippen MR) is 55.8 cm³/mol. The molecule has 1 aromatic heterocycles. The van der Waals surface area contributed by atoms with Crippen LogP contribution in [0.25, 0.3) is 0 Å². The molecule has 1 fully saturated rings. The first-order valence-corrected chi connectivity index (χ1v) is 5.07. The molecule has 1 saturated carbocycles. The fourth-order valence-electron chi connectivity index (χ4n) is 1.65. The van der Waals surface area contributed by atoms with E-state index in [1.807, 2.05) is 18.2 Å². The van der Waals surface area contributed by atoms with Crippen LogP contribution < -0.4 is 5.32 Å². The molecule has 0 radical (unpaired) electrons. The van der Waals surface area contributed by atoms with Gasteiger partial charge < -0.3 is 10.4 Å². The van der Waals surface area contributed by atoms with Crippen LogP contribution >= 0.6 is 0 Å². The van der Waals surface area contributed by atoms with Crippen molar-refractivity contribution in [2.45, 2.75) is 31.9 Å². The van der Waals surface area contributed by atoms with E-state index in [1.165, 1.54) is 12.8 Å². The first-order chi connectivity index (χ1) is 6.66. The van der Waals surface area contributed by atoms with Crippen molar-refractivity contribution in [3.63, 3.8) is 0 Å². The van der Waals surface area contributed by atoms with Crippen molar-refractivity contribution < 1.29 is 5.11 Å². The van der Waals surface area contributed by atoms with Crippen LogP contribution in [0.5, 0.6) is 0 Å². The van der Waals surface area contributed by atoms with Gasteiger partial charge in [0, 0.05) is 6.20 Å². The van der Waals surface area contributed by atoms with Gasteiger partial charge in [0.15, 0.2) is 0 Å². The van der Waals surface area contributed by atoms with Crippen molar-refractivity contribution in [3.8, 4) is 0 Å². The molecule has 76 valence electrons. The molecule has 2 rings (SSSR count). The number of pyridine rings is 1. The summed E-state index contributed by atoms with van der Waals surface area (Å²) in [7, 11) is 0. The molecule has 2 N–H and O–H groups in total. The molecule has 1 aliphatic rings. The summed E-state index contributed by atoms with van der Waals surface area (Å²) in [6.45, 7) is 1.81. The van der Waals surface area contributed by atoms with E-state index < -0.39 is 5.72 Å². The molecule has 1 unspecified atom stereocenters. The first kappa shape index (κ1) is 9.46. The Kier molecular flexibility index (Phi) is 2.42. The minimum absolute atomic E-state index is 0.696. The molecule has 1 atom stereocenters. The summed E-state index contributed by atoms with van der Waals surface area (Å²) >= 11 is 0. The van der Waals surface area contributed by atoms with Crippen molar-refractivity contribution in [2.75, 3.05) is 5.32 Å². The largest absolute Gasteiger partial charge is 0.371 e. The van der Waals surface area contributed by atoms with Gasteiger partial charge in [0.1, 0.15) is 11.5 Å². The molecular weight excluding hydrogens is 176 g/mol. The zero-order valence-corrected chi connectivity index (χ0v) is 8.40. The van der Waals surface area contributed by atoms with E-state index in [2.05, 4.69) is 10.3 Å². The van der Waals surface area contributed by atoms with Gasteiger partial charge in [0.2, 0.25) is 0 Å². The normalized spacial score (nSPS) is 20.1. The molecule has 0 amide bonds. The summed E-state index contributed by atoms with van der Waals surface area (Å²) < 4.78 is 0. The Bertz CT molecular complexity index is 293. The number of hydrogen-bond donors (Lipinski definition) is 2. The predicted octanol–water partition coefficient (Wildman–Crippen LogP) is 2.00. The van der Waals surface area contributed by atoms with Crippen molar-refractivity contribution in [1.29, 1.82) is 0 Å². The number of anilines is 1. The first-order valence-electron chi connectivity index (χ1n) is 5.07. The summed E-state index contributed by atoms with van der Waals surface area (Å²) in [5, 5.41) is 13.1. The van der Waals surface area contributed by atoms with Crippen molar-refractivity contribution in [1.82, 2.24) is 4.98 Å². The summed E-state index contributed by atoms with van der Waals surface area (Å²) in [5.74, 6) is 1.43. The van der Waals surface area contributed by atoms with E-state index in [4.69, 9.17) is 0 Å². The second kappa shape index (κ2) is 3.58. The zero-order valence-electron chi connectivity index (χ0n) is 8.40. The molecule has 1 aromatic rings. The van der Waals surface area contributed by atoms with Crippen LogP contribution in [-0.2, 0) is 0 Å². The van der Waals surface area contributed by atoms with E-state index >= 15 is 0 Å². The third-order valence-electron chi connectivity index (χ3n) is 2.45. The number of aromatic nitrogens is 1. The van der Waals surface area contributed by atoms with Gasteiger partial charge in [-0.25, -0.2) is 4.98 Å². The zero-order chi connectivity index (χ0) is 10.0. The summed E-state index contributed by atoms with van der Waals surface area (Å²) in [6.07, 6.45) is 5.03. The molecule has 0 spiro atoms. The molecule has 3 heteroatoms. The minimum Gasteiger partial charge on any atom is -0.371 e. The maximum absolute atomic E-state index is 10.0. The van der Waals surface area contributed by atoms with Crippen LogP contribution in [0.2, 0.25) is 0 Å². The van der Waals surface area contributed by atoms with Crippen LogP contribution in [0.4, 0.5) is 5.82 Å². The van der Waals surface area contributed by atoms with E-state index in [0.29, 0.717) is 5.92 Å². The molecule has 14 heavy (non-hydrogen) atoms. The second-order valence-corrected chi connectivity index (χ2v) is 4.26. The molecule has 0 aliphatic heterocycles. The highest BCUT2D eigenvalue weighted by atomic mass is 16.3. The highest BCUT2D eigenvalue weighted by Gasteiger charge is 2.31. The average molecular weight is 192 g/mol. The Hall–Kier alpha value is -1.09. The van der Waals surface area contributed by atoms with Crippen molar-refractivity contribution >= 4 is 5.82 Å². The van der Waals surface area contributed by atoms with Crippen molar-refractivity contribution in [3.05, 3.63) is 24.4 Å². The Morgan fingerprint density at radius 1 is 1.57 bits per heavy atom. The van der Waals surface area contributed by atoms with E-state index in [9.17, 15) is 5.11 Å². The van der Waals surface area contributed by atoms with Gasteiger partial charge in [0.05, 0.1) is 0 Å². The Morgan fingerprint density at radius 2 is 2.36 bits per heavy atom. The van der Waals surface area contributed by atoms with Gasteiger partial charge >= 0.3 is 0 Å². The Balaban J connectivity index is 1.94.